The Balaban J connectivity index is 2.94. The number of nitrogens with two attached hydrogens (primary N) is 1. The van der Waals surface area contributed by atoms with Crippen LogP contribution in [-0.2, 0) is 0 Å². The zero-order valence-electron chi connectivity index (χ0n) is 11.7. The molecule has 1 aromatic rings. The molecule has 2 unspecified atom stereocenters. The van der Waals surface area contributed by atoms with E-state index in [1.165, 1.54) is 5.56 Å². The molecule has 0 aromatic heterocycles. The van der Waals surface area contributed by atoms with Crippen LogP contribution in [0.15, 0.2) is 27.1 Å². The molecule has 19 heavy (non-hydrogen) atoms. The van der Waals surface area contributed by atoms with Gasteiger partial charge in [0.15, 0.2) is 0 Å². The van der Waals surface area contributed by atoms with Gasteiger partial charge in [0.25, 0.3) is 0 Å². The topological polar surface area (TPSA) is 29.3 Å². The molecule has 0 heterocycles. The Morgan fingerprint density at radius 2 is 2.00 bits per heavy atom. The van der Waals surface area contributed by atoms with Gasteiger partial charge in [-0.3, -0.25) is 4.90 Å². The summed E-state index contributed by atoms with van der Waals surface area (Å²) in [6, 6.07) is 7.21. The maximum atomic E-state index is 6.01. The first-order valence-corrected chi connectivity index (χ1v) is 9.39. The maximum Gasteiger partial charge on any atom is 0.0471 e. The summed E-state index contributed by atoms with van der Waals surface area (Å²) in [6.45, 7) is 2.87. The zero-order valence-corrected chi connectivity index (χ0v) is 15.7. The Labute approximate surface area is 137 Å². The molecule has 2 atom stereocenters. The quantitative estimate of drug-likeness (QED) is 0.728. The van der Waals surface area contributed by atoms with Crippen molar-refractivity contribution in [3.05, 3.63) is 32.7 Å². The van der Waals surface area contributed by atoms with Gasteiger partial charge in [-0.25, -0.2) is 0 Å². The maximum absolute atomic E-state index is 6.01. The summed E-state index contributed by atoms with van der Waals surface area (Å²) in [5.74, 6) is 1.14. The van der Waals surface area contributed by atoms with E-state index < -0.39 is 0 Å². The molecule has 0 fully saturated rings. The van der Waals surface area contributed by atoms with E-state index in [1.54, 1.807) is 0 Å². The van der Waals surface area contributed by atoms with Crippen LogP contribution < -0.4 is 5.73 Å². The summed E-state index contributed by atoms with van der Waals surface area (Å²) >= 11 is 8.97. The van der Waals surface area contributed by atoms with Crippen molar-refractivity contribution in [2.45, 2.75) is 25.4 Å². The lowest BCUT2D eigenvalue weighted by Crippen LogP contribution is -2.39. The zero-order chi connectivity index (χ0) is 14.4. The van der Waals surface area contributed by atoms with E-state index in [1.807, 2.05) is 11.8 Å². The lowest BCUT2D eigenvalue weighted by Gasteiger charge is -2.34. The Bertz CT molecular complexity index is 401. The predicted octanol–water partition coefficient (Wildman–Crippen LogP) is 4.28. The minimum absolute atomic E-state index is 0.265. The van der Waals surface area contributed by atoms with E-state index in [0.29, 0.717) is 12.6 Å². The third-order valence-corrected chi connectivity index (χ3v) is 6.05. The van der Waals surface area contributed by atoms with Crippen LogP contribution in [0.25, 0.3) is 0 Å². The lowest BCUT2D eigenvalue weighted by molar-refractivity contribution is 0.188. The van der Waals surface area contributed by atoms with Gasteiger partial charge in [-0.2, -0.15) is 11.8 Å². The molecule has 0 aliphatic carbocycles. The van der Waals surface area contributed by atoms with Crippen molar-refractivity contribution in [2.24, 2.45) is 5.73 Å². The number of likely N-dealkylation sites (N-methyl/N-ethyl adjacent to an activating group) is 1. The summed E-state index contributed by atoms with van der Waals surface area (Å²) in [6.07, 6.45) is 3.30. The SMILES string of the molecule is CCC(CSC)N(C)C(CN)c1ccc(Br)c(Br)c1. The van der Waals surface area contributed by atoms with E-state index in [4.69, 9.17) is 5.73 Å². The van der Waals surface area contributed by atoms with Crippen LogP contribution >= 0.6 is 43.6 Å². The van der Waals surface area contributed by atoms with Crippen molar-refractivity contribution in [3.8, 4) is 0 Å². The molecule has 1 rings (SSSR count). The normalized spacial score (nSPS) is 14.7. The van der Waals surface area contributed by atoms with Crippen LogP contribution in [0, 0.1) is 0 Å². The highest BCUT2D eigenvalue weighted by molar-refractivity contribution is 9.13. The molecule has 2 nitrogen and oxygen atoms in total. The van der Waals surface area contributed by atoms with Crippen molar-refractivity contribution in [2.75, 3.05) is 25.6 Å². The Morgan fingerprint density at radius 1 is 1.32 bits per heavy atom. The molecule has 0 radical (unpaired) electrons. The molecule has 0 saturated carbocycles. The number of hydrogen-bond donors (Lipinski definition) is 1. The molecular weight excluding hydrogens is 388 g/mol. The van der Waals surface area contributed by atoms with Crippen molar-refractivity contribution in [1.82, 2.24) is 4.90 Å². The van der Waals surface area contributed by atoms with Crippen LogP contribution in [0.3, 0.4) is 0 Å². The summed E-state index contributed by atoms with van der Waals surface area (Å²) in [7, 11) is 2.18. The third kappa shape index (κ3) is 4.74. The molecule has 1 aromatic carbocycles. The van der Waals surface area contributed by atoms with E-state index in [0.717, 1.165) is 21.1 Å². The summed E-state index contributed by atoms with van der Waals surface area (Å²) < 4.78 is 2.15. The first kappa shape index (κ1) is 17.5. The molecule has 0 aliphatic rings. The fraction of sp³-hybridized carbons (Fsp3) is 0.571. The molecule has 0 spiro atoms. The van der Waals surface area contributed by atoms with Gasteiger partial charge in [0.1, 0.15) is 0 Å². The van der Waals surface area contributed by atoms with Crippen LogP contribution in [0.2, 0.25) is 0 Å². The average molecular weight is 410 g/mol. The van der Waals surface area contributed by atoms with Gasteiger partial charge >= 0.3 is 0 Å². The second kappa shape index (κ2) is 8.67. The summed E-state index contributed by atoms with van der Waals surface area (Å²) in [4.78, 5) is 2.41. The van der Waals surface area contributed by atoms with E-state index in [-0.39, 0.29) is 6.04 Å². The number of halogens is 2. The number of rotatable bonds is 7. The van der Waals surface area contributed by atoms with Crippen molar-refractivity contribution in [1.29, 1.82) is 0 Å². The second-order valence-corrected chi connectivity index (χ2v) is 7.23. The standard InChI is InChI=1S/C14H22Br2N2S/c1-4-11(9-19-3)18(2)14(8-17)10-5-6-12(15)13(16)7-10/h5-7,11,14H,4,8-9,17H2,1-3H3. The molecular formula is C14H22Br2N2S. The summed E-state index contributed by atoms with van der Waals surface area (Å²) in [5.41, 5.74) is 7.27. The van der Waals surface area contributed by atoms with Crippen LogP contribution in [-0.4, -0.2) is 36.5 Å². The van der Waals surface area contributed by atoms with Gasteiger partial charge in [0, 0.05) is 33.3 Å². The van der Waals surface area contributed by atoms with Gasteiger partial charge < -0.3 is 5.73 Å². The van der Waals surface area contributed by atoms with Crippen LogP contribution in [0.5, 0.6) is 0 Å². The number of benzene rings is 1. The van der Waals surface area contributed by atoms with Gasteiger partial charge in [-0.1, -0.05) is 13.0 Å². The highest BCUT2D eigenvalue weighted by Gasteiger charge is 2.22. The molecule has 0 saturated heterocycles. The molecule has 2 N–H and O–H groups in total. The first-order valence-electron chi connectivity index (χ1n) is 6.41. The minimum Gasteiger partial charge on any atom is -0.329 e. The molecule has 5 heteroatoms. The Morgan fingerprint density at radius 3 is 2.47 bits per heavy atom. The van der Waals surface area contributed by atoms with Gasteiger partial charge in [0.05, 0.1) is 0 Å². The molecule has 0 amide bonds. The molecule has 0 bridgehead atoms. The van der Waals surface area contributed by atoms with Crippen LogP contribution in [0.4, 0.5) is 0 Å². The van der Waals surface area contributed by atoms with E-state index >= 15 is 0 Å². The van der Waals surface area contributed by atoms with Gasteiger partial charge in [0.2, 0.25) is 0 Å². The van der Waals surface area contributed by atoms with E-state index in [2.05, 4.69) is 75.2 Å². The number of thioether (sulfide) groups is 1. The fourth-order valence-corrected chi connectivity index (χ4v) is 3.73. The first-order chi connectivity index (χ1) is 9.04. The van der Waals surface area contributed by atoms with Crippen molar-refractivity contribution >= 4 is 43.6 Å². The van der Waals surface area contributed by atoms with Gasteiger partial charge in [-0.15, -0.1) is 0 Å². The highest BCUT2D eigenvalue weighted by Crippen LogP contribution is 2.29. The largest absolute Gasteiger partial charge is 0.329 e. The number of hydrogen-bond acceptors (Lipinski definition) is 3. The third-order valence-electron chi connectivity index (χ3n) is 3.45. The highest BCUT2D eigenvalue weighted by atomic mass is 79.9. The lowest BCUT2D eigenvalue weighted by atomic mass is 10.0. The Kier molecular flexibility index (Phi) is 7.99. The number of nitrogens with zero attached hydrogens (tertiary/aromatic N) is 1. The smallest absolute Gasteiger partial charge is 0.0471 e. The van der Waals surface area contributed by atoms with E-state index in [9.17, 15) is 0 Å². The average Bonchev–Trinajstić information content (AvgIpc) is 2.40. The second-order valence-electron chi connectivity index (χ2n) is 4.61. The Hall–Kier alpha value is 0.450. The van der Waals surface area contributed by atoms with Crippen molar-refractivity contribution < 1.29 is 0 Å². The minimum atomic E-state index is 0.265. The predicted molar refractivity (Wildman–Crippen MR) is 93.9 cm³/mol. The van der Waals surface area contributed by atoms with Gasteiger partial charge in [-0.05, 0) is 69.3 Å². The summed E-state index contributed by atoms with van der Waals surface area (Å²) in [5, 5.41) is 0. The monoisotopic (exact) mass is 408 g/mol. The molecule has 0 aliphatic heterocycles. The molecule has 108 valence electrons. The fourth-order valence-electron chi connectivity index (χ4n) is 2.23. The van der Waals surface area contributed by atoms with Crippen LogP contribution in [0.1, 0.15) is 24.9 Å². The van der Waals surface area contributed by atoms with Crippen molar-refractivity contribution in [3.63, 3.8) is 0 Å².